The van der Waals surface area contributed by atoms with Crippen LogP contribution in [0.2, 0.25) is 0 Å². The molecule has 0 spiro atoms. The van der Waals surface area contributed by atoms with Crippen LogP contribution < -0.4 is 4.74 Å². The molecule has 2 rings (SSSR count). The van der Waals surface area contributed by atoms with Crippen molar-refractivity contribution < 1.29 is 14.2 Å². The van der Waals surface area contributed by atoms with E-state index in [2.05, 4.69) is 15.9 Å². The molecule has 0 aliphatic rings. The summed E-state index contributed by atoms with van der Waals surface area (Å²) >= 11 is 3.38. The molecule has 2 aromatic carbocycles. The van der Waals surface area contributed by atoms with E-state index in [0.717, 1.165) is 10.0 Å². The van der Waals surface area contributed by atoms with Gasteiger partial charge in [0.2, 0.25) is 0 Å². The molecule has 0 aliphatic heterocycles. The highest BCUT2D eigenvalue weighted by Gasteiger charge is 2.07. The summed E-state index contributed by atoms with van der Waals surface area (Å²) in [6.07, 6.45) is 0. The number of para-hydroxylation sites is 1. The SMILES string of the molecule is OCc1cccc(Br)c1OCc1ccc(F)cc1. The van der Waals surface area contributed by atoms with E-state index in [1.807, 2.05) is 12.1 Å². The highest BCUT2D eigenvalue weighted by molar-refractivity contribution is 9.10. The minimum Gasteiger partial charge on any atom is -0.487 e. The average Bonchev–Trinajstić information content (AvgIpc) is 2.39. The van der Waals surface area contributed by atoms with E-state index < -0.39 is 0 Å². The zero-order valence-corrected chi connectivity index (χ0v) is 11.2. The van der Waals surface area contributed by atoms with Gasteiger partial charge in [-0.25, -0.2) is 4.39 Å². The van der Waals surface area contributed by atoms with Crippen molar-refractivity contribution in [3.8, 4) is 5.75 Å². The van der Waals surface area contributed by atoms with E-state index in [0.29, 0.717) is 17.9 Å². The third-order valence-corrected chi connectivity index (χ3v) is 3.14. The zero-order chi connectivity index (χ0) is 13.0. The van der Waals surface area contributed by atoms with Crippen molar-refractivity contribution in [2.24, 2.45) is 0 Å². The van der Waals surface area contributed by atoms with Crippen molar-refractivity contribution in [1.82, 2.24) is 0 Å². The number of ether oxygens (including phenoxy) is 1. The van der Waals surface area contributed by atoms with Crippen LogP contribution in [0.3, 0.4) is 0 Å². The van der Waals surface area contributed by atoms with Gasteiger partial charge in [-0.2, -0.15) is 0 Å². The summed E-state index contributed by atoms with van der Waals surface area (Å²) in [5, 5.41) is 9.23. The average molecular weight is 311 g/mol. The Labute approximate surface area is 113 Å². The predicted octanol–water partition coefficient (Wildman–Crippen LogP) is 3.66. The number of hydrogen-bond acceptors (Lipinski definition) is 2. The van der Waals surface area contributed by atoms with Gasteiger partial charge in [-0.3, -0.25) is 0 Å². The molecule has 0 unspecified atom stereocenters. The van der Waals surface area contributed by atoms with Crippen LogP contribution in [0.1, 0.15) is 11.1 Å². The van der Waals surface area contributed by atoms with Gasteiger partial charge in [0, 0.05) is 5.56 Å². The first kappa shape index (κ1) is 13.1. The molecule has 2 aromatic rings. The Balaban J connectivity index is 2.12. The Kier molecular flexibility index (Phi) is 4.33. The lowest BCUT2D eigenvalue weighted by Gasteiger charge is -2.12. The Bertz CT molecular complexity index is 526. The predicted molar refractivity (Wildman–Crippen MR) is 70.8 cm³/mol. The van der Waals surface area contributed by atoms with Gasteiger partial charge in [0.15, 0.2) is 0 Å². The van der Waals surface area contributed by atoms with Gasteiger partial charge >= 0.3 is 0 Å². The molecule has 0 heterocycles. The maximum atomic E-state index is 12.8. The second-order valence-electron chi connectivity index (χ2n) is 3.80. The number of aliphatic hydroxyl groups excluding tert-OH is 1. The Morgan fingerprint density at radius 2 is 1.83 bits per heavy atom. The lowest BCUT2D eigenvalue weighted by Crippen LogP contribution is -1.99. The van der Waals surface area contributed by atoms with Crippen molar-refractivity contribution in [1.29, 1.82) is 0 Å². The van der Waals surface area contributed by atoms with Crippen LogP contribution in [0.15, 0.2) is 46.9 Å². The quantitative estimate of drug-likeness (QED) is 0.934. The Morgan fingerprint density at radius 3 is 2.50 bits per heavy atom. The summed E-state index contributed by atoms with van der Waals surface area (Å²) in [5.41, 5.74) is 1.59. The van der Waals surface area contributed by atoms with Crippen LogP contribution in [0.4, 0.5) is 4.39 Å². The minimum absolute atomic E-state index is 0.0851. The number of halogens is 2. The van der Waals surface area contributed by atoms with Gasteiger partial charge in [0.1, 0.15) is 18.2 Å². The Morgan fingerprint density at radius 1 is 1.11 bits per heavy atom. The van der Waals surface area contributed by atoms with Crippen LogP contribution in [0, 0.1) is 5.82 Å². The smallest absolute Gasteiger partial charge is 0.139 e. The van der Waals surface area contributed by atoms with Crippen molar-refractivity contribution in [3.05, 3.63) is 63.9 Å². The van der Waals surface area contributed by atoms with Crippen molar-refractivity contribution in [3.63, 3.8) is 0 Å². The minimum atomic E-state index is -0.268. The second kappa shape index (κ2) is 5.98. The van der Waals surface area contributed by atoms with Gasteiger partial charge < -0.3 is 9.84 Å². The highest BCUT2D eigenvalue weighted by Crippen LogP contribution is 2.29. The van der Waals surface area contributed by atoms with Crippen LogP contribution >= 0.6 is 15.9 Å². The van der Waals surface area contributed by atoms with E-state index in [4.69, 9.17) is 4.74 Å². The normalized spacial score (nSPS) is 10.4. The lowest BCUT2D eigenvalue weighted by atomic mass is 10.2. The van der Waals surface area contributed by atoms with Crippen molar-refractivity contribution >= 4 is 15.9 Å². The Hall–Kier alpha value is -1.39. The molecule has 18 heavy (non-hydrogen) atoms. The molecule has 1 N–H and O–H groups in total. The van der Waals surface area contributed by atoms with Crippen LogP contribution in [0.25, 0.3) is 0 Å². The largest absolute Gasteiger partial charge is 0.487 e. The fourth-order valence-electron chi connectivity index (χ4n) is 1.58. The maximum Gasteiger partial charge on any atom is 0.139 e. The lowest BCUT2D eigenvalue weighted by molar-refractivity contribution is 0.258. The molecule has 0 atom stereocenters. The van der Waals surface area contributed by atoms with E-state index >= 15 is 0 Å². The van der Waals surface area contributed by atoms with Crippen LogP contribution in [-0.4, -0.2) is 5.11 Å². The molecule has 0 saturated carbocycles. The number of rotatable bonds is 4. The van der Waals surface area contributed by atoms with Crippen molar-refractivity contribution in [2.75, 3.05) is 0 Å². The van der Waals surface area contributed by atoms with E-state index in [1.165, 1.54) is 12.1 Å². The molecule has 0 aromatic heterocycles. The topological polar surface area (TPSA) is 29.5 Å². The second-order valence-corrected chi connectivity index (χ2v) is 4.66. The first-order valence-corrected chi connectivity index (χ1v) is 6.25. The maximum absolute atomic E-state index is 12.8. The number of benzene rings is 2. The summed E-state index contributed by atoms with van der Waals surface area (Å²) in [6.45, 7) is 0.244. The number of hydrogen-bond donors (Lipinski definition) is 1. The first-order chi connectivity index (χ1) is 8.70. The molecule has 0 bridgehead atoms. The summed E-state index contributed by atoms with van der Waals surface area (Å²) in [4.78, 5) is 0. The molecule has 0 fully saturated rings. The molecule has 94 valence electrons. The van der Waals surface area contributed by atoms with Crippen LogP contribution in [-0.2, 0) is 13.2 Å². The third kappa shape index (κ3) is 3.09. The van der Waals surface area contributed by atoms with E-state index in [-0.39, 0.29) is 12.4 Å². The molecule has 0 radical (unpaired) electrons. The standard InChI is InChI=1S/C14H12BrFO2/c15-13-3-1-2-11(8-17)14(13)18-9-10-4-6-12(16)7-5-10/h1-7,17H,8-9H2. The van der Waals surface area contributed by atoms with Gasteiger partial charge in [-0.1, -0.05) is 24.3 Å². The fourth-order valence-corrected chi connectivity index (χ4v) is 2.10. The number of aliphatic hydroxyl groups is 1. The molecule has 2 nitrogen and oxygen atoms in total. The summed E-state index contributed by atoms with van der Waals surface area (Å²) in [6, 6.07) is 11.6. The van der Waals surface area contributed by atoms with E-state index in [1.54, 1.807) is 18.2 Å². The van der Waals surface area contributed by atoms with Gasteiger partial charge in [0.05, 0.1) is 11.1 Å². The summed E-state index contributed by atoms with van der Waals surface area (Å²) in [5.74, 6) is 0.347. The fraction of sp³-hybridized carbons (Fsp3) is 0.143. The zero-order valence-electron chi connectivity index (χ0n) is 9.57. The molecular weight excluding hydrogens is 299 g/mol. The molecule has 4 heteroatoms. The molecular formula is C14H12BrFO2. The van der Waals surface area contributed by atoms with Crippen LogP contribution in [0.5, 0.6) is 5.75 Å². The van der Waals surface area contributed by atoms with Gasteiger partial charge in [-0.15, -0.1) is 0 Å². The monoisotopic (exact) mass is 310 g/mol. The molecule has 0 aliphatic carbocycles. The van der Waals surface area contributed by atoms with Gasteiger partial charge in [-0.05, 0) is 39.7 Å². The first-order valence-electron chi connectivity index (χ1n) is 5.46. The molecule has 0 saturated heterocycles. The summed E-state index contributed by atoms with van der Waals surface area (Å²) in [7, 11) is 0. The van der Waals surface area contributed by atoms with Gasteiger partial charge in [0.25, 0.3) is 0 Å². The van der Waals surface area contributed by atoms with Crippen molar-refractivity contribution in [2.45, 2.75) is 13.2 Å². The molecule has 0 amide bonds. The third-order valence-electron chi connectivity index (χ3n) is 2.52. The van der Waals surface area contributed by atoms with E-state index in [9.17, 15) is 9.50 Å². The summed E-state index contributed by atoms with van der Waals surface area (Å²) < 4.78 is 19.2. The highest BCUT2D eigenvalue weighted by atomic mass is 79.9.